The van der Waals surface area contributed by atoms with E-state index in [4.69, 9.17) is 0 Å². The third-order valence-electron chi connectivity index (χ3n) is 10.3. The summed E-state index contributed by atoms with van der Waals surface area (Å²) in [6.45, 7) is 4.24. The van der Waals surface area contributed by atoms with Crippen LogP contribution in [-0.4, -0.2) is 57.2 Å². The first kappa shape index (κ1) is 21.0. The molecule has 0 spiro atoms. The molecule has 34 heavy (non-hydrogen) atoms. The number of hydrogen-bond donors (Lipinski definition) is 2. The van der Waals surface area contributed by atoms with Crippen molar-refractivity contribution < 1.29 is 15.0 Å². The molecular formula is C29H34N2O3. The summed E-state index contributed by atoms with van der Waals surface area (Å²) in [5.74, 6) is 1.07. The van der Waals surface area contributed by atoms with Gasteiger partial charge in [0.15, 0.2) is 0 Å². The number of nitrogens with zero attached hydrogens (tertiary/aromatic N) is 2. The second-order valence-corrected chi connectivity index (χ2v) is 11.7. The number of aromatic hydroxyl groups is 1. The second-order valence-electron chi connectivity index (χ2n) is 11.7. The highest BCUT2D eigenvalue weighted by molar-refractivity contribution is 5.84. The maximum absolute atomic E-state index is 14.0. The fourth-order valence-corrected chi connectivity index (χ4v) is 9.50. The Morgan fingerprint density at radius 1 is 1.15 bits per heavy atom. The molecule has 5 nitrogen and oxygen atoms in total. The lowest BCUT2D eigenvalue weighted by Crippen LogP contribution is -2.70. The van der Waals surface area contributed by atoms with Gasteiger partial charge in [-0.05, 0) is 79.8 Å². The molecule has 2 aromatic carbocycles. The molecule has 2 N–H and O–H groups in total. The van der Waals surface area contributed by atoms with Crippen LogP contribution in [0.25, 0.3) is 0 Å². The summed E-state index contributed by atoms with van der Waals surface area (Å²) in [4.78, 5) is 18.7. The van der Waals surface area contributed by atoms with Crippen molar-refractivity contribution in [3.05, 3.63) is 65.2 Å². The highest BCUT2D eigenvalue weighted by Gasteiger charge is 2.77. The molecule has 1 amide bonds. The van der Waals surface area contributed by atoms with Crippen LogP contribution in [0, 0.1) is 17.3 Å². The second kappa shape index (κ2) is 7.08. The number of hydrogen-bond acceptors (Lipinski definition) is 4. The van der Waals surface area contributed by atoms with E-state index in [0.29, 0.717) is 36.7 Å². The first-order valence-electron chi connectivity index (χ1n) is 13.0. The van der Waals surface area contributed by atoms with Gasteiger partial charge in [-0.1, -0.05) is 36.4 Å². The van der Waals surface area contributed by atoms with Crippen LogP contribution in [-0.2, 0) is 23.2 Å². The van der Waals surface area contributed by atoms with Crippen LogP contribution >= 0.6 is 0 Å². The minimum absolute atomic E-state index is 0.0568. The number of likely N-dealkylation sites (tertiary alicyclic amines) is 2. The summed E-state index contributed by atoms with van der Waals surface area (Å²) in [5, 5.41) is 20.8. The van der Waals surface area contributed by atoms with Crippen molar-refractivity contribution in [3.63, 3.8) is 0 Å². The van der Waals surface area contributed by atoms with Crippen molar-refractivity contribution in [2.75, 3.05) is 13.1 Å². The van der Waals surface area contributed by atoms with Gasteiger partial charge in [-0.15, -0.1) is 0 Å². The number of carbonyl (C=O) groups is 1. The number of rotatable bonds is 4. The number of benzene rings is 2. The molecular weight excluding hydrogens is 424 g/mol. The van der Waals surface area contributed by atoms with Gasteiger partial charge in [-0.25, -0.2) is 0 Å². The molecule has 2 saturated carbocycles. The number of piperidine rings is 1. The number of phenolic OH excluding ortho intramolecular Hbond substituents is 1. The zero-order valence-corrected chi connectivity index (χ0v) is 19.9. The van der Waals surface area contributed by atoms with Crippen LogP contribution in [0.4, 0.5) is 0 Å². The molecule has 2 heterocycles. The van der Waals surface area contributed by atoms with Crippen LogP contribution < -0.4 is 0 Å². The van der Waals surface area contributed by atoms with Crippen LogP contribution in [0.2, 0.25) is 0 Å². The van der Waals surface area contributed by atoms with Crippen LogP contribution in [0.1, 0.15) is 49.3 Å². The van der Waals surface area contributed by atoms with Crippen LogP contribution in [0.5, 0.6) is 5.75 Å². The number of amides is 1. The van der Waals surface area contributed by atoms with Gasteiger partial charge in [0.2, 0.25) is 5.91 Å². The van der Waals surface area contributed by atoms with Gasteiger partial charge in [0.25, 0.3) is 0 Å². The Balaban J connectivity index is 1.37. The molecule has 178 valence electrons. The number of carbonyl (C=O) groups excluding carboxylic acids is 1. The predicted octanol–water partition coefficient (Wildman–Crippen LogP) is 3.47. The fraction of sp³-hybridized carbons (Fsp3) is 0.552. The largest absolute Gasteiger partial charge is 0.508 e. The van der Waals surface area contributed by atoms with Gasteiger partial charge < -0.3 is 15.1 Å². The number of β-amino-alcohol motifs (C(OH)–C–C–N with tert-alkyl or cyclic N) is 1. The Bertz CT molecular complexity index is 1150. The van der Waals surface area contributed by atoms with Crippen molar-refractivity contribution in [2.45, 2.75) is 69.2 Å². The van der Waals surface area contributed by atoms with Gasteiger partial charge in [-0.3, -0.25) is 9.69 Å². The monoisotopic (exact) mass is 458 g/mol. The van der Waals surface area contributed by atoms with Gasteiger partial charge in [0, 0.05) is 42.4 Å². The molecule has 2 aromatic rings. The molecule has 2 saturated heterocycles. The normalized spacial score (nSPS) is 38.5. The molecule has 0 radical (unpaired) electrons. The van der Waals surface area contributed by atoms with E-state index in [0.717, 1.165) is 38.6 Å². The lowest BCUT2D eigenvalue weighted by atomic mass is 9.43. The minimum Gasteiger partial charge on any atom is -0.508 e. The maximum atomic E-state index is 14.0. The standard InChI is InChI=1S/C29H34N2O3/c1-18(32)16-30-12-11-29-23-14-21(33)8-7-20(23)13-25(30)28(29)10-9-24-26(29)22(15-28)27(34)31(24)17-19-5-3-2-4-6-19/h2-8,14,18,22,24-26,32-33H,9-13,15-17H2,1H3/t18-,22+,24?,25?,26?,28?,29?/m1/s1. The first-order valence-corrected chi connectivity index (χ1v) is 13.0. The van der Waals surface area contributed by atoms with E-state index in [1.165, 1.54) is 16.7 Å². The Hall–Kier alpha value is -2.37. The Morgan fingerprint density at radius 3 is 2.76 bits per heavy atom. The van der Waals surface area contributed by atoms with E-state index in [2.05, 4.69) is 40.1 Å². The molecule has 4 bridgehead atoms. The van der Waals surface area contributed by atoms with Gasteiger partial charge in [0.1, 0.15) is 5.75 Å². The molecule has 7 atom stereocenters. The van der Waals surface area contributed by atoms with Gasteiger partial charge in [-0.2, -0.15) is 0 Å². The lowest BCUT2D eigenvalue weighted by Gasteiger charge is -2.66. The number of aliphatic hydroxyl groups is 1. The first-order chi connectivity index (χ1) is 16.4. The van der Waals surface area contributed by atoms with E-state index in [9.17, 15) is 15.0 Å². The van der Waals surface area contributed by atoms with Crippen molar-refractivity contribution in [3.8, 4) is 5.75 Å². The molecule has 3 aliphatic carbocycles. The average Bonchev–Trinajstić information content (AvgIpc) is 3.19. The van der Waals surface area contributed by atoms with Crippen molar-refractivity contribution in [1.29, 1.82) is 0 Å². The maximum Gasteiger partial charge on any atom is 0.226 e. The third kappa shape index (κ3) is 2.50. The summed E-state index contributed by atoms with van der Waals surface area (Å²) in [6, 6.07) is 17.0. The van der Waals surface area contributed by atoms with Gasteiger partial charge >= 0.3 is 0 Å². The van der Waals surface area contributed by atoms with E-state index in [1.54, 1.807) is 0 Å². The topological polar surface area (TPSA) is 64.0 Å². The van der Waals surface area contributed by atoms with Crippen molar-refractivity contribution in [2.24, 2.45) is 17.3 Å². The van der Waals surface area contributed by atoms with Crippen LogP contribution in [0.3, 0.4) is 0 Å². The highest BCUT2D eigenvalue weighted by atomic mass is 16.3. The molecule has 5 unspecified atom stereocenters. The van der Waals surface area contributed by atoms with Gasteiger partial charge in [0.05, 0.1) is 6.10 Å². The molecule has 5 heteroatoms. The molecule has 2 aliphatic heterocycles. The SMILES string of the molecule is C[C@@H](O)CN1CCC23c4cc(O)ccc4CC1C21CCC2C3[C@H](C1)C(=O)N2Cc1ccccc1. The summed E-state index contributed by atoms with van der Waals surface area (Å²) >= 11 is 0. The zero-order chi connectivity index (χ0) is 23.2. The van der Waals surface area contributed by atoms with E-state index < -0.39 is 0 Å². The number of aliphatic hydroxyl groups excluding tert-OH is 1. The summed E-state index contributed by atoms with van der Waals surface area (Å²) in [5.41, 5.74) is 3.86. The third-order valence-corrected chi connectivity index (χ3v) is 10.3. The quantitative estimate of drug-likeness (QED) is 0.737. The zero-order valence-electron chi connectivity index (χ0n) is 19.9. The van der Waals surface area contributed by atoms with E-state index >= 15 is 0 Å². The fourth-order valence-electron chi connectivity index (χ4n) is 9.50. The lowest BCUT2D eigenvalue weighted by molar-refractivity contribution is -0.139. The molecule has 4 fully saturated rings. The summed E-state index contributed by atoms with van der Waals surface area (Å²) in [7, 11) is 0. The molecule has 0 aromatic heterocycles. The average molecular weight is 459 g/mol. The molecule has 5 aliphatic rings. The summed E-state index contributed by atoms with van der Waals surface area (Å²) < 4.78 is 0. The number of phenols is 1. The number of fused-ring (bicyclic) bond motifs is 1. The van der Waals surface area contributed by atoms with Crippen molar-refractivity contribution in [1.82, 2.24) is 9.80 Å². The highest BCUT2D eigenvalue weighted by Crippen LogP contribution is 2.75. The van der Waals surface area contributed by atoms with Crippen LogP contribution in [0.15, 0.2) is 48.5 Å². The predicted molar refractivity (Wildman–Crippen MR) is 129 cm³/mol. The van der Waals surface area contributed by atoms with E-state index in [1.807, 2.05) is 25.1 Å². The minimum atomic E-state index is -0.356. The van der Waals surface area contributed by atoms with E-state index in [-0.39, 0.29) is 28.9 Å². The smallest absolute Gasteiger partial charge is 0.226 e. The Morgan fingerprint density at radius 2 is 1.97 bits per heavy atom. The summed E-state index contributed by atoms with van der Waals surface area (Å²) in [6.07, 6.45) is 4.75. The Kier molecular flexibility index (Phi) is 4.36. The van der Waals surface area contributed by atoms with Crippen molar-refractivity contribution >= 4 is 5.91 Å². The Labute approximate surface area is 201 Å². The molecule has 7 rings (SSSR count).